The Hall–Kier alpha value is -0.550. The summed E-state index contributed by atoms with van der Waals surface area (Å²) < 4.78 is 5.73. The van der Waals surface area contributed by atoms with Crippen LogP contribution in [0, 0.1) is 0 Å². The van der Waals surface area contributed by atoms with E-state index in [9.17, 15) is 0 Å². The highest BCUT2D eigenvalue weighted by molar-refractivity contribution is 7.67. The lowest BCUT2D eigenvalue weighted by Gasteiger charge is -2.30. The summed E-state index contributed by atoms with van der Waals surface area (Å²) in [4.78, 5) is 0. The second kappa shape index (κ2) is 6.94. The first-order valence-electron chi connectivity index (χ1n) is 8.39. The average Bonchev–Trinajstić information content (AvgIpc) is 3.14. The Morgan fingerprint density at radius 2 is 1.60 bits per heavy atom. The molecule has 110 valence electrons. The SMILES string of the molecule is CCOc1cccc(P(C2CCCC2)C2CCCC2)c1. The van der Waals surface area contributed by atoms with E-state index >= 15 is 0 Å². The van der Waals surface area contributed by atoms with Crippen LogP contribution in [0.5, 0.6) is 5.75 Å². The molecule has 0 atom stereocenters. The minimum atomic E-state index is 0.0350. The molecule has 0 unspecified atom stereocenters. The molecule has 2 fully saturated rings. The van der Waals surface area contributed by atoms with Crippen molar-refractivity contribution < 1.29 is 4.74 Å². The summed E-state index contributed by atoms with van der Waals surface area (Å²) in [5.74, 6) is 1.08. The molecule has 2 aliphatic carbocycles. The number of benzene rings is 1. The van der Waals surface area contributed by atoms with Gasteiger partial charge in [-0.25, -0.2) is 0 Å². The predicted octanol–water partition coefficient (Wildman–Crippen LogP) is 5.08. The Kier molecular flexibility index (Phi) is 4.99. The Balaban J connectivity index is 1.85. The molecule has 2 saturated carbocycles. The zero-order valence-electron chi connectivity index (χ0n) is 12.7. The van der Waals surface area contributed by atoms with Gasteiger partial charge in [-0.05, 0) is 61.4 Å². The van der Waals surface area contributed by atoms with Gasteiger partial charge >= 0.3 is 0 Å². The quantitative estimate of drug-likeness (QED) is 0.687. The van der Waals surface area contributed by atoms with E-state index in [-0.39, 0.29) is 7.92 Å². The maximum Gasteiger partial charge on any atom is 0.119 e. The van der Waals surface area contributed by atoms with E-state index in [1.165, 1.54) is 51.4 Å². The third kappa shape index (κ3) is 3.19. The van der Waals surface area contributed by atoms with Crippen LogP contribution >= 0.6 is 7.92 Å². The lowest BCUT2D eigenvalue weighted by molar-refractivity contribution is 0.340. The maximum atomic E-state index is 5.73. The van der Waals surface area contributed by atoms with E-state index in [2.05, 4.69) is 31.2 Å². The highest BCUT2D eigenvalue weighted by Crippen LogP contribution is 2.56. The second-order valence-corrected chi connectivity index (χ2v) is 9.01. The lowest BCUT2D eigenvalue weighted by atomic mass is 10.3. The third-order valence-electron chi connectivity index (χ3n) is 4.86. The zero-order valence-corrected chi connectivity index (χ0v) is 13.6. The van der Waals surface area contributed by atoms with Gasteiger partial charge in [0, 0.05) is 0 Å². The van der Waals surface area contributed by atoms with Crippen LogP contribution < -0.4 is 10.0 Å². The number of ether oxygens (including phenoxy) is 1. The topological polar surface area (TPSA) is 9.23 Å². The molecule has 0 N–H and O–H groups in total. The molecule has 20 heavy (non-hydrogen) atoms. The van der Waals surface area contributed by atoms with Crippen molar-refractivity contribution in [3.05, 3.63) is 24.3 Å². The molecule has 0 aliphatic heterocycles. The van der Waals surface area contributed by atoms with Crippen LogP contribution in [0.4, 0.5) is 0 Å². The fourth-order valence-electron chi connectivity index (χ4n) is 3.99. The normalized spacial score (nSPS) is 20.9. The van der Waals surface area contributed by atoms with Crippen molar-refractivity contribution in [3.63, 3.8) is 0 Å². The van der Waals surface area contributed by atoms with Crippen LogP contribution in [0.2, 0.25) is 0 Å². The van der Waals surface area contributed by atoms with Gasteiger partial charge in [0.2, 0.25) is 0 Å². The predicted molar refractivity (Wildman–Crippen MR) is 88.7 cm³/mol. The molecule has 0 radical (unpaired) electrons. The molecule has 1 aromatic carbocycles. The molecule has 3 rings (SSSR count). The van der Waals surface area contributed by atoms with Crippen LogP contribution in [0.25, 0.3) is 0 Å². The van der Waals surface area contributed by atoms with Gasteiger partial charge in [-0.1, -0.05) is 45.7 Å². The van der Waals surface area contributed by atoms with E-state index in [1.54, 1.807) is 5.30 Å². The van der Waals surface area contributed by atoms with Gasteiger partial charge in [-0.2, -0.15) is 0 Å². The Bertz CT molecular complexity index is 403. The molecule has 0 amide bonds. The molecule has 2 heteroatoms. The largest absolute Gasteiger partial charge is 0.494 e. The van der Waals surface area contributed by atoms with Crippen molar-refractivity contribution >= 4 is 13.2 Å². The molecular weight excluding hydrogens is 263 g/mol. The average molecular weight is 290 g/mol. The molecular formula is C18H27OP. The summed E-state index contributed by atoms with van der Waals surface area (Å²) in [6.45, 7) is 2.84. The number of hydrogen-bond acceptors (Lipinski definition) is 1. The summed E-state index contributed by atoms with van der Waals surface area (Å²) in [5, 5.41) is 1.62. The molecule has 0 bridgehead atoms. The maximum absolute atomic E-state index is 5.73. The third-order valence-corrected chi connectivity index (χ3v) is 8.34. The van der Waals surface area contributed by atoms with Crippen LogP contribution in [-0.4, -0.2) is 17.9 Å². The first-order valence-corrected chi connectivity index (χ1v) is 9.87. The van der Waals surface area contributed by atoms with Gasteiger partial charge < -0.3 is 4.74 Å². The molecule has 1 nitrogen and oxygen atoms in total. The molecule has 0 spiro atoms. The fraction of sp³-hybridized carbons (Fsp3) is 0.667. The molecule has 1 aromatic rings. The highest BCUT2D eigenvalue weighted by atomic mass is 31.1. The van der Waals surface area contributed by atoms with Crippen LogP contribution in [0.3, 0.4) is 0 Å². The van der Waals surface area contributed by atoms with Crippen molar-refractivity contribution in [2.75, 3.05) is 6.61 Å². The number of hydrogen-bond donors (Lipinski definition) is 0. The Morgan fingerprint density at radius 1 is 1.00 bits per heavy atom. The van der Waals surface area contributed by atoms with Crippen LogP contribution in [-0.2, 0) is 0 Å². The summed E-state index contributed by atoms with van der Waals surface area (Å²) in [7, 11) is 0.0350. The summed E-state index contributed by atoms with van der Waals surface area (Å²) in [6, 6.07) is 9.06. The van der Waals surface area contributed by atoms with Gasteiger partial charge in [0.25, 0.3) is 0 Å². The molecule has 0 heterocycles. The summed E-state index contributed by atoms with van der Waals surface area (Å²) in [6.07, 6.45) is 11.7. The van der Waals surface area contributed by atoms with Gasteiger partial charge in [-0.15, -0.1) is 0 Å². The summed E-state index contributed by atoms with van der Waals surface area (Å²) >= 11 is 0. The van der Waals surface area contributed by atoms with Crippen molar-refractivity contribution in [2.45, 2.75) is 69.6 Å². The van der Waals surface area contributed by atoms with E-state index in [1.807, 2.05) is 0 Å². The Labute approximate surface area is 124 Å². The minimum absolute atomic E-state index is 0.0350. The smallest absolute Gasteiger partial charge is 0.119 e. The van der Waals surface area contributed by atoms with E-state index < -0.39 is 0 Å². The molecule has 0 saturated heterocycles. The lowest BCUT2D eigenvalue weighted by Crippen LogP contribution is -2.19. The second-order valence-electron chi connectivity index (χ2n) is 6.21. The molecule has 2 aliphatic rings. The van der Waals surface area contributed by atoms with Crippen molar-refractivity contribution in [3.8, 4) is 5.75 Å². The van der Waals surface area contributed by atoms with E-state index in [0.29, 0.717) is 0 Å². The monoisotopic (exact) mass is 290 g/mol. The van der Waals surface area contributed by atoms with E-state index in [0.717, 1.165) is 23.7 Å². The van der Waals surface area contributed by atoms with Gasteiger partial charge in [-0.3, -0.25) is 0 Å². The van der Waals surface area contributed by atoms with Gasteiger partial charge in [0.05, 0.1) is 6.61 Å². The van der Waals surface area contributed by atoms with Crippen molar-refractivity contribution in [1.29, 1.82) is 0 Å². The zero-order chi connectivity index (χ0) is 13.8. The van der Waals surface area contributed by atoms with Gasteiger partial charge in [0.15, 0.2) is 0 Å². The van der Waals surface area contributed by atoms with Crippen molar-refractivity contribution in [1.82, 2.24) is 0 Å². The first-order chi connectivity index (χ1) is 9.88. The minimum Gasteiger partial charge on any atom is -0.494 e. The fourth-order valence-corrected chi connectivity index (χ4v) is 7.80. The van der Waals surface area contributed by atoms with E-state index in [4.69, 9.17) is 4.74 Å². The standard InChI is InChI=1S/C18H27OP/c1-2-19-15-8-7-13-18(14-15)20(16-9-3-4-10-16)17-11-5-6-12-17/h7-8,13-14,16-17H,2-6,9-12H2,1H3. The van der Waals surface area contributed by atoms with Gasteiger partial charge in [0.1, 0.15) is 5.75 Å². The van der Waals surface area contributed by atoms with Crippen LogP contribution in [0.15, 0.2) is 24.3 Å². The summed E-state index contributed by atoms with van der Waals surface area (Å²) in [5.41, 5.74) is 1.98. The Morgan fingerprint density at radius 3 is 2.15 bits per heavy atom. The highest BCUT2D eigenvalue weighted by Gasteiger charge is 2.33. The molecule has 0 aromatic heterocycles. The van der Waals surface area contributed by atoms with Crippen molar-refractivity contribution in [2.24, 2.45) is 0 Å². The van der Waals surface area contributed by atoms with Crippen LogP contribution in [0.1, 0.15) is 58.3 Å². The first kappa shape index (κ1) is 14.4. The number of rotatable bonds is 5.